The van der Waals surface area contributed by atoms with E-state index in [1.165, 1.54) is 0 Å². The highest BCUT2D eigenvalue weighted by Crippen LogP contribution is 1.15. The smallest absolute Gasteiger partial charge is 0.107 e. The number of halogens is 2. The molecule has 0 rings (SSSR count). The second-order valence-corrected chi connectivity index (χ2v) is 0. The Morgan fingerprint density at radius 1 is 0.444 bits per heavy atom. The Labute approximate surface area is 106 Å². The monoisotopic (exact) mass is 376 g/mol. The standard InChI is InChI=1S/3C2H6.Al.2HI.3H/c3*1-2;;;;;;/h3*1-2H3;;2*1H;;;. The molecular weight excluding hydrogens is 353 g/mol. The second-order valence-electron chi connectivity index (χ2n) is 0. The van der Waals surface area contributed by atoms with Gasteiger partial charge >= 0.3 is 0 Å². The quantitative estimate of drug-likeness (QED) is 0.450. The van der Waals surface area contributed by atoms with Crippen molar-refractivity contribution < 1.29 is 0 Å². The highest BCUT2D eigenvalue weighted by Gasteiger charge is 0.936. The van der Waals surface area contributed by atoms with Crippen molar-refractivity contribution in [3.8, 4) is 0 Å². The highest BCUT2D eigenvalue weighted by molar-refractivity contribution is 14.0. The lowest BCUT2D eigenvalue weighted by Crippen LogP contribution is -0.856. The van der Waals surface area contributed by atoms with Crippen molar-refractivity contribution >= 4 is 65.3 Å². The Morgan fingerprint density at radius 2 is 0.444 bits per heavy atom. The van der Waals surface area contributed by atoms with Gasteiger partial charge in [0.15, 0.2) is 17.4 Å². The molecule has 0 heterocycles. The van der Waals surface area contributed by atoms with Crippen LogP contribution in [0.5, 0.6) is 0 Å². The van der Waals surface area contributed by atoms with Crippen molar-refractivity contribution in [1.29, 1.82) is 0 Å². The van der Waals surface area contributed by atoms with Crippen LogP contribution in [0.25, 0.3) is 0 Å². The average Bonchev–Trinajstić information content (AvgIpc) is 1.81. The first-order valence-corrected chi connectivity index (χ1v) is 3.00. The number of hydrogen-bond donors (Lipinski definition) is 0. The molecule has 0 nitrogen and oxygen atoms in total. The fourth-order valence-corrected chi connectivity index (χ4v) is 0. The molecule has 0 aliphatic rings. The average molecular weight is 376 g/mol. The van der Waals surface area contributed by atoms with E-state index in [0.29, 0.717) is 0 Å². The summed E-state index contributed by atoms with van der Waals surface area (Å²) < 4.78 is 0. The maximum Gasteiger partial charge on any atom is 0.187 e. The number of hydrogen-bond acceptors (Lipinski definition) is 0. The van der Waals surface area contributed by atoms with Gasteiger partial charge in [-0.15, -0.1) is 48.0 Å². The van der Waals surface area contributed by atoms with Crippen LogP contribution in [0, 0.1) is 0 Å². The second kappa shape index (κ2) is 204. The van der Waals surface area contributed by atoms with Gasteiger partial charge in [-0.2, -0.15) is 0 Å². The van der Waals surface area contributed by atoms with Crippen molar-refractivity contribution in [3.63, 3.8) is 0 Å². The molecule has 0 radical (unpaired) electrons. The van der Waals surface area contributed by atoms with E-state index in [1.54, 1.807) is 0 Å². The molecule has 0 aromatic carbocycles. The van der Waals surface area contributed by atoms with Crippen molar-refractivity contribution in [2.45, 2.75) is 41.5 Å². The molecule has 0 aromatic rings. The van der Waals surface area contributed by atoms with Gasteiger partial charge in [-0.1, -0.05) is 41.5 Å². The van der Waals surface area contributed by atoms with Gasteiger partial charge in [-0.3, -0.25) is 0 Å². The summed E-state index contributed by atoms with van der Waals surface area (Å²) in [6.45, 7) is 12.0. The molecule has 0 bridgehead atoms. The minimum Gasteiger partial charge on any atom is -0.107 e. The summed E-state index contributed by atoms with van der Waals surface area (Å²) in [7, 11) is 0. The SMILES string of the molecule is CC.CC.CC.I.I.[AlH3]. The third-order valence-corrected chi connectivity index (χ3v) is 0. The van der Waals surface area contributed by atoms with E-state index in [4.69, 9.17) is 0 Å². The highest BCUT2D eigenvalue weighted by atomic mass is 127. The number of rotatable bonds is 0. The lowest BCUT2D eigenvalue weighted by Gasteiger charge is -1.07. The van der Waals surface area contributed by atoms with Crippen LogP contribution >= 0.6 is 48.0 Å². The minimum absolute atomic E-state index is 0. The topological polar surface area (TPSA) is 0 Å². The van der Waals surface area contributed by atoms with Gasteiger partial charge < -0.3 is 0 Å². The van der Waals surface area contributed by atoms with Crippen LogP contribution in [-0.2, 0) is 0 Å². The van der Waals surface area contributed by atoms with E-state index >= 15 is 0 Å². The zero-order valence-corrected chi connectivity index (χ0v) is 11.5. The Bertz CT molecular complexity index is 11.0. The molecule has 0 spiro atoms. The van der Waals surface area contributed by atoms with Crippen LogP contribution in [-0.4, -0.2) is 17.4 Å². The maximum atomic E-state index is 2.00. The summed E-state index contributed by atoms with van der Waals surface area (Å²) in [6, 6.07) is 0. The van der Waals surface area contributed by atoms with Crippen LogP contribution in [0.3, 0.4) is 0 Å². The maximum absolute atomic E-state index is 2.00. The van der Waals surface area contributed by atoms with E-state index < -0.39 is 0 Å². The minimum atomic E-state index is 0. The lowest BCUT2D eigenvalue weighted by atomic mass is 11.0. The Morgan fingerprint density at radius 3 is 0.444 bits per heavy atom. The molecule has 0 atom stereocenters. The molecule has 0 aromatic heterocycles. The molecule has 9 heavy (non-hydrogen) atoms. The molecule has 0 saturated carbocycles. The Kier molecular flexibility index (Phi) is 996. The van der Waals surface area contributed by atoms with Gasteiger partial charge in [0.05, 0.1) is 0 Å². The molecule has 3 heteroatoms. The van der Waals surface area contributed by atoms with Gasteiger partial charge in [-0.05, 0) is 0 Å². The summed E-state index contributed by atoms with van der Waals surface area (Å²) in [4.78, 5) is 0. The molecule has 0 aliphatic heterocycles. The van der Waals surface area contributed by atoms with E-state index in [2.05, 4.69) is 0 Å². The van der Waals surface area contributed by atoms with Gasteiger partial charge in [0.1, 0.15) is 0 Å². The fourth-order valence-electron chi connectivity index (χ4n) is 0. The van der Waals surface area contributed by atoms with E-state index in [-0.39, 0.29) is 65.3 Å². The van der Waals surface area contributed by atoms with E-state index in [0.717, 1.165) is 0 Å². The van der Waals surface area contributed by atoms with Crippen LogP contribution in [0.15, 0.2) is 0 Å². The first-order valence-electron chi connectivity index (χ1n) is 3.00. The first-order chi connectivity index (χ1) is 3.00. The van der Waals surface area contributed by atoms with Crippen LogP contribution in [0.4, 0.5) is 0 Å². The molecule has 0 amide bonds. The Balaban J connectivity index is -0.00000000321. The Hall–Kier alpha value is 1.99. The van der Waals surface area contributed by atoms with Crippen LogP contribution in [0.1, 0.15) is 41.5 Å². The largest absolute Gasteiger partial charge is 0.187 e. The predicted octanol–water partition coefficient (Wildman–Crippen LogP) is 3.13. The summed E-state index contributed by atoms with van der Waals surface area (Å²) in [6.07, 6.45) is 0. The normalized spacial score (nSPS) is 2.00. The van der Waals surface area contributed by atoms with Crippen molar-refractivity contribution in [3.05, 3.63) is 0 Å². The van der Waals surface area contributed by atoms with Gasteiger partial charge in [-0.25, -0.2) is 0 Å². The predicted molar refractivity (Wildman–Crippen MR) is 74.8 cm³/mol. The van der Waals surface area contributed by atoms with Crippen molar-refractivity contribution in [2.75, 3.05) is 0 Å². The lowest BCUT2D eigenvalue weighted by molar-refractivity contribution is 1.50. The summed E-state index contributed by atoms with van der Waals surface area (Å²) in [5.41, 5.74) is 0. The van der Waals surface area contributed by atoms with E-state index in [9.17, 15) is 0 Å². The van der Waals surface area contributed by atoms with Crippen LogP contribution < -0.4 is 0 Å². The zero-order valence-electron chi connectivity index (χ0n) is 6.82. The molecule has 0 saturated heterocycles. The van der Waals surface area contributed by atoms with Gasteiger partial charge in [0, 0.05) is 0 Å². The molecule has 0 fully saturated rings. The van der Waals surface area contributed by atoms with Crippen molar-refractivity contribution in [1.82, 2.24) is 0 Å². The summed E-state index contributed by atoms with van der Waals surface area (Å²) in [5.74, 6) is 0. The molecule has 64 valence electrons. The summed E-state index contributed by atoms with van der Waals surface area (Å²) >= 11 is 0. The molecular formula is C6H23AlI2. The van der Waals surface area contributed by atoms with Gasteiger partial charge in [0.2, 0.25) is 0 Å². The first kappa shape index (κ1) is 44.0. The van der Waals surface area contributed by atoms with Gasteiger partial charge in [0.25, 0.3) is 0 Å². The van der Waals surface area contributed by atoms with E-state index in [1.807, 2.05) is 41.5 Å². The third kappa shape index (κ3) is 161. The molecule has 0 aliphatic carbocycles. The summed E-state index contributed by atoms with van der Waals surface area (Å²) in [5, 5.41) is 0. The van der Waals surface area contributed by atoms with Crippen molar-refractivity contribution in [2.24, 2.45) is 0 Å². The molecule has 0 N–H and O–H groups in total. The third-order valence-electron chi connectivity index (χ3n) is 0. The fraction of sp³-hybridized carbons (Fsp3) is 1.00. The van der Waals surface area contributed by atoms with Crippen LogP contribution in [0.2, 0.25) is 0 Å². The zero-order chi connectivity index (χ0) is 6.00. The molecule has 0 unspecified atom stereocenters.